The molecule has 0 saturated heterocycles. The van der Waals surface area contributed by atoms with Gasteiger partial charge < -0.3 is 5.32 Å². The van der Waals surface area contributed by atoms with Crippen LogP contribution >= 0.6 is 0 Å². The first kappa shape index (κ1) is 14.4. The summed E-state index contributed by atoms with van der Waals surface area (Å²) in [6.45, 7) is 2.94. The third kappa shape index (κ3) is 4.00. The molecule has 1 nitrogen and oxygen atoms in total. The van der Waals surface area contributed by atoms with Crippen LogP contribution in [0.1, 0.15) is 44.6 Å². The lowest BCUT2D eigenvalue weighted by molar-refractivity contribution is 0.268. The van der Waals surface area contributed by atoms with Gasteiger partial charge in [-0.1, -0.05) is 26.2 Å². The normalized spacial score (nSPS) is 18.5. The Bertz CT molecular complexity index is 400. The molecule has 3 heteroatoms. The number of hydrogen-bond acceptors (Lipinski definition) is 1. The number of nitrogens with one attached hydrogen (secondary N) is 1. The highest BCUT2D eigenvalue weighted by atomic mass is 19.1. The largest absolute Gasteiger partial charge is 0.314 e. The van der Waals surface area contributed by atoms with Crippen molar-refractivity contribution in [3.63, 3.8) is 0 Å². The van der Waals surface area contributed by atoms with E-state index in [0.717, 1.165) is 6.54 Å². The molecule has 1 aliphatic rings. The number of rotatable bonds is 5. The Morgan fingerprint density at radius 3 is 2.63 bits per heavy atom. The van der Waals surface area contributed by atoms with Gasteiger partial charge in [0, 0.05) is 6.04 Å². The zero-order chi connectivity index (χ0) is 13.7. The second kappa shape index (κ2) is 6.99. The number of benzene rings is 1. The van der Waals surface area contributed by atoms with Gasteiger partial charge in [0.05, 0.1) is 0 Å². The Kier molecular flexibility index (Phi) is 5.32. The quantitative estimate of drug-likeness (QED) is 0.848. The summed E-state index contributed by atoms with van der Waals surface area (Å²) in [6, 6.07) is 4.01. The molecule has 0 heterocycles. The average molecular weight is 267 g/mol. The van der Waals surface area contributed by atoms with E-state index in [1.807, 2.05) is 0 Å². The van der Waals surface area contributed by atoms with Crippen molar-refractivity contribution in [3.8, 4) is 0 Å². The number of hydrogen-bond donors (Lipinski definition) is 1. The molecule has 2 rings (SSSR count). The van der Waals surface area contributed by atoms with Crippen molar-refractivity contribution in [1.82, 2.24) is 5.32 Å². The maximum absolute atomic E-state index is 13.7. The van der Waals surface area contributed by atoms with Crippen LogP contribution in [0.15, 0.2) is 18.2 Å². The molecule has 1 unspecified atom stereocenters. The van der Waals surface area contributed by atoms with Gasteiger partial charge in [0.25, 0.3) is 0 Å². The van der Waals surface area contributed by atoms with Gasteiger partial charge in [0.2, 0.25) is 0 Å². The molecular formula is C16H23F2N. The molecule has 1 N–H and O–H groups in total. The van der Waals surface area contributed by atoms with Gasteiger partial charge in [-0.15, -0.1) is 0 Å². The molecule has 19 heavy (non-hydrogen) atoms. The highest BCUT2D eigenvalue weighted by Gasteiger charge is 2.24. The molecule has 0 radical (unpaired) electrons. The van der Waals surface area contributed by atoms with Gasteiger partial charge in [-0.25, -0.2) is 8.78 Å². The predicted molar refractivity (Wildman–Crippen MR) is 74.1 cm³/mol. The highest BCUT2D eigenvalue weighted by molar-refractivity contribution is 5.20. The molecule has 0 bridgehead atoms. The van der Waals surface area contributed by atoms with Gasteiger partial charge in [-0.2, -0.15) is 0 Å². The van der Waals surface area contributed by atoms with E-state index in [0.29, 0.717) is 17.9 Å². The van der Waals surface area contributed by atoms with Crippen LogP contribution in [-0.2, 0) is 6.42 Å². The fraction of sp³-hybridized carbons (Fsp3) is 0.625. The van der Waals surface area contributed by atoms with Crippen molar-refractivity contribution in [2.75, 3.05) is 6.54 Å². The highest BCUT2D eigenvalue weighted by Crippen LogP contribution is 2.28. The maximum Gasteiger partial charge on any atom is 0.126 e. The summed E-state index contributed by atoms with van der Waals surface area (Å²) in [5.74, 6) is -0.0493. The first-order valence-electron chi connectivity index (χ1n) is 7.38. The van der Waals surface area contributed by atoms with Gasteiger partial charge >= 0.3 is 0 Å². The summed E-state index contributed by atoms with van der Waals surface area (Å²) in [5, 5.41) is 3.46. The molecule has 1 aromatic rings. The summed E-state index contributed by atoms with van der Waals surface area (Å²) >= 11 is 0. The van der Waals surface area contributed by atoms with E-state index < -0.39 is 0 Å². The van der Waals surface area contributed by atoms with Crippen LogP contribution in [-0.4, -0.2) is 12.6 Å². The molecular weight excluding hydrogens is 244 g/mol. The van der Waals surface area contributed by atoms with Crippen molar-refractivity contribution >= 4 is 0 Å². The topological polar surface area (TPSA) is 12.0 Å². The van der Waals surface area contributed by atoms with Gasteiger partial charge in [0.15, 0.2) is 0 Å². The Morgan fingerprint density at radius 2 is 1.95 bits per heavy atom. The lowest BCUT2D eigenvalue weighted by atomic mass is 9.81. The van der Waals surface area contributed by atoms with Crippen molar-refractivity contribution < 1.29 is 8.78 Å². The smallest absolute Gasteiger partial charge is 0.126 e. The van der Waals surface area contributed by atoms with Crippen LogP contribution in [0.5, 0.6) is 0 Å². The standard InChI is InChI=1S/C16H23F2N/c1-2-19-16(12-6-4-3-5-7-12)11-13-10-14(17)8-9-15(13)18/h8-10,12,16,19H,2-7,11H2,1H3. The second-order valence-electron chi connectivity index (χ2n) is 5.50. The van der Waals surface area contributed by atoms with Gasteiger partial charge in [-0.3, -0.25) is 0 Å². The fourth-order valence-corrected chi connectivity index (χ4v) is 3.14. The molecule has 106 valence electrons. The zero-order valence-corrected chi connectivity index (χ0v) is 11.6. The van der Waals surface area contributed by atoms with Crippen molar-refractivity contribution in [3.05, 3.63) is 35.4 Å². The van der Waals surface area contributed by atoms with E-state index in [9.17, 15) is 8.78 Å². The van der Waals surface area contributed by atoms with Crippen molar-refractivity contribution in [2.24, 2.45) is 5.92 Å². The van der Waals surface area contributed by atoms with Crippen LogP contribution < -0.4 is 5.32 Å². The fourth-order valence-electron chi connectivity index (χ4n) is 3.14. The summed E-state index contributed by atoms with van der Waals surface area (Å²) in [6.07, 6.45) is 6.82. The van der Waals surface area contributed by atoms with E-state index >= 15 is 0 Å². The number of likely N-dealkylation sites (N-methyl/N-ethyl adjacent to an activating group) is 1. The zero-order valence-electron chi connectivity index (χ0n) is 11.6. The van der Waals surface area contributed by atoms with Crippen LogP contribution in [0.2, 0.25) is 0 Å². The van der Waals surface area contributed by atoms with Crippen LogP contribution in [0.4, 0.5) is 8.78 Å². The first-order valence-corrected chi connectivity index (χ1v) is 7.38. The third-order valence-electron chi connectivity index (χ3n) is 4.13. The van der Waals surface area contributed by atoms with Crippen molar-refractivity contribution in [2.45, 2.75) is 51.5 Å². The second-order valence-corrected chi connectivity index (χ2v) is 5.50. The van der Waals surface area contributed by atoms with Crippen LogP contribution in [0.3, 0.4) is 0 Å². The molecule has 0 aromatic heterocycles. The predicted octanol–water partition coefficient (Wildman–Crippen LogP) is 4.07. The molecule has 0 spiro atoms. The molecule has 1 fully saturated rings. The van der Waals surface area contributed by atoms with E-state index in [1.54, 1.807) is 0 Å². The average Bonchev–Trinajstić information content (AvgIpc) is 2.43. The van der Waals surface area contributed by atoms with Crippen LogP contribution in [0.25, 0.3) is 0 Å². The Balaban J connectivity index is 2.08. The minimum Gasteiger partial charge on any atom is -0.314 e. The van der Waals surface area contributed by atoms with E-state index in [-0.39, 0.29) is 17.7 Å². The number of halogens is 2. The van der Waals surface area contributed by atoms with Gasteiger partial charge in [0.1, 0.15) is 11.6 Å². The Labute approximate surface area is 114 Å². The summed E-state index contributed by atoms with van der Waals surface area (Å²) in [4.78, 5) is 0. The van der Waals surface area contributed by atoms with E-state index in [4.69, 9.17) is 0 Å². The van der Waals surface area contributed by atoms with Gasteiger partial charge in [-0.05, 0) is 55.5 Å². The van der Waals surface area contributed by atoms with Crippen molar-refractivity contribution in [1.29, 1.82) is 0 Å². The maximum atomic E-state index is 13.7. The monoisotopic (exact) mass is 267 g/mol. The molecule has 1 aliphatic carbocycles. The van der Waals surface area contributed by atoms with E-state index in [2.05, 4.69) is 12.2 Å². The van der Waals surface area contributed by atoms with Crippen LogP contribution in [0, 0.1) is 17.6 Å². The molecule has 0 amide bonds. The lowest BCUT2D eigenvalue weighted by Gasteiger charge is -2.31. The SMILES string of the molecule is CCNC(Cc1cc(F)ccc1F)C1CCCCC1. The molecule has 0 aliphatic heterocycles. The summed E-state index contributed by atoms with van der Waals surface area (Å²) in [5.41, 5.74) is 0.497. The molecule has 1 atom stereocenters. The first-order chi connectivity index (χ1) is 9.20. The summed E-state index contributed by atoms with van der Waals surface area (Å²) < 4.78 is 27.0. The minimum absolute atomic E-state index is 0.265. The molecule has 1 saturated carbocycles. The third-order valence-corrected chi connectivity index (χ3v) is 4.13. The lowest BCUT2D eigenvalue weighted by Crippen LogP contribution is -2.39. The van der Waals surface area contributed by atoms with E-state index in [1.165, 1.54) is 50.3 Å². The molecule has 1 aromatic carbocycles. The Hall–Kier alpha value is -0.960. The summed E-state index contributed by atoms with van der Waals surface area (Å²) in [7, 11) is 0. The Morgan fingerprint density at radius 1 is 1.21 bits per heavy atom. The minimum atomic E-state index is -0.352.